The Hall–Kier alpha value is -2.94. The lowest BCUT2D eigenvalue weighted by Gasteiger charge is -2.35. The number of nitrogens with one attached hydrogen (secondary N) is 2. The number of carbonyl (C=O) groups excluding carboxylic acids is 1. The molecule has 158 valence electrons. The van der Waals surface area contributed by atoms with Crippen LogP contribution in [0.2, 0.25) is 5.02 Å². The summed E-state index contributed by atoms with van der Waals surface area (Å²) in [6.45, 7) is 3.10. The van der Waals surface area contributed by atoms with Crippen molar-refractivity contribution < 1.29 is 13.9 Å². The van der Waals surface area contributed by atoms with E-state index >= 15 is 0 Å². The Bertz CT molecular complexity index is 1060. The van der Waals surface area contributed by atoms with Crippen LogP contribution >= 0.6 is 11.6 Å². The van der Waals surface area contributed by atoms with E-state index in [0.29, 0.717) is 41.8 Å². The average Bonchev–Trinajstić information content (AvgIpc) is 3.16. The van der Waals surface area contributed by atoms with Gasteiger partial charge in [0.25, 0.3) is 0 Å². The molecule has 1 amide bonds. The number of fused-ring (bicyclic) bond motifs is 1. The molecule has 3 aromatic rings. The smallest absolute Gasteiger partial charge is 0.410 e. The molecule has 30 heavy (non-hydrogen) atoms. The Balaban J connectivity index is 1.55. The molecular weight excluding hydrogens is 411 g/mol. The van der Waals surface area contributed by atoms with Crippen molar-refractivity contribution in [3.05, 3.63) is 35.5 Å². The highest BCUT2D eigenvalue weighted by Gasteiger charge is 2.28. The molecule has 8 nitrogen and oxygen atoms in total. The summed E-state index contributed by atoms with van der Waals surface area (Å²) >= 11 is 6.06. The molecule has 2 N–H and O–H groups in total. The highest BCUT2D eigenvalue weighted by atomic mass is 35.5. The van der Waals surface area contributed by atoms with Gasteiger partial charge in [0.2, 0.25) is 0 Å². The molecule has 1 saturated heterocycles. The first kappa shape index (κ1) is 20.3. The van der Waals surface area contributed by atoms with Gasteiger partial charge in [0.05, 0.1) is 23.9 Å². The molecule has 1 fully saturated rings. The maximum atomic E-state index is 14.4. The summed E-state index contributed by atoms with van der Waals surface area (Å²) in [5.74, 6) is -0.132. The van der Waals surface area contributed by atoms with Gasteiger partial charge in [0.1, 0.15) is 5.65 Å². The van der Waals surface area contributed by atoms with E-state index in [4.69, 9.17) is 16.3 Å². The van der Waals surface area contributed by atoms with E-state index in [2.05, 4.69) is 25.3 Å². The van der Waals surface area contributed by atoms with Crippen LogP contribution < -0.4 is 5.32 Å². The van der Waals surface area contributed by atoms with Gasteiger partial charge < -0.3 is 19.9 Å². The van der Waals surface area contributed by atoms with Gasteiger partial charge in [0, 0.05) is 36.4 Å². The number of ether oxygens (including phenoxy) is 1. The molecule has 1 aliphatic rings. The Morgan fingerprint density at radius 2 is 2.27 bits per heavy atom. The van der Waals surface area contributed by atoms with Gasteiger partial charge in [-0.05, 0) is 32.3 Å². The Kier molecular flexibility index (Phi) is 5.98. The summed E-state index contributed by atoms with van der Waals surface area (Å²) in [6.07, 6.45) is 6.80. The molecular formula is C20H22ClFN6O2. The number of H-pyrrole nitrogens is 1. The normalized spacial score (nSPS) is 16.6. The highest BCUT2D eigenvalue weighted by Crippen LogP contribution is 2.28. The lowest BCUT2D eigenvalue weighted by atomic mass is 10.0. The van der Waals surface area contributed by atoms with E-state index in [1.54, 1.807) is 30.3 Å². The molecule has 10 heteroatoms. The van der Waals surface area contributed by atoms with Gasteiger partial charge in [-0.1, -0.05) is 11.6 Å². The van der Waals surface area contributed by atoms with Crippen molar-refractivity contribution in [2.24, 2.45) is 0 Å². The van der Waals surface area contributed by atoms with Crippen molar-refractivity contribution in [3.8, 4) is 11.4 Å². The fourth-order valence-electron chi connectivity index (χ4n) is 3.66. The molecule has 0 bridgehead atoms. The number of aromatic amines is 1. The second-order valence-electron chi connectivity index (χ2n) is 7.07. The van der Waals surface area contributed by atoms with E-state index in [0.717, 1.165) is 30.8 Å². The molecule has 3 aromatic heterocycles. The number of nitrogens with zero attached hydrogens (tertiary/aromatic N) is 4. The number of aromatic nitrogens is 4. The van der Waals surface area contributed by atoms with Crippen LogP contribution in [0.5, 0.6) is 0 Å². The number of amides is 1. The highest BCUT2D eigenvalue weighted by molar-refractivity contribution is 6.31. The molecule has 4 heterocycles. The third kappa shape index (κ3) is 4.16. The number of hydrogen-bond acceptors (Lipinski definition) is 6. The number of carbonyl (C=O) groups is 1. The Morgan fingerprint density at radius 3 is 3.10 bits per heavy atom. The first-order valence-electron chi connectivity index (χ1n) is 9.89. The minimum Gasteiger partial charge on any atom is -0.450 e. The van der Waals surface area contributed by atoms with Crippen LogP contribution in [0.3, 0.4) is 0 Å². The molecule has 0 saturated carbocycles. The van der Waals surface area contributed by atoms with E-state index in [1.807, 2.05) is 0 Å². The lowest BCUT2D eigenvalue weighted by Crippen LogP contribution is -2.47. The van der Waals surface area contributed by atoms with Gasteiger partial charge >= 0.3 is 6.09 Å². The molecule has 0 radical (unpaired) electrons. The van der Waals surface area contributed by atoms with E-state index in [9.17, 15) is 9.18 Å². The summed E-state index contributed by atoms with van der Waals surface area (Å²) in [5.41, 5.74) is 1.32. The number of halogens is 2. The summed E-state index contributed by atoms with van der Waals surface area (Å²) in [5, 5.41) is 4.28. The topological polar surface area (TPSA) is 96.0 Å². The average molecular weight is 433 g/mol. The van der Waals surface area contributed by atoms with E-state index < -0.39 is 5.82 Å². The Labute approximate surface area is 177 Å². The summed E-state index contributed by atoms with van der Waals surface area (Å²) in [4.78, 5) is 29.7. The monoisotopic (exact) mass is 432 g/mol. The van der Waals surface area contributed by atoms with Gasteiger partial charge in [0.15, 0.2) is 17.5 Å². The van der Waals surface area contributed by atoms with Crippen LogP contribution in [0.1, 0.15) is 26.2 Å². The van der Waals surface area contributed by atoms with Crippen molar-refractivity contribution >= 4 is 34.5 Å². The Morgan fingerprint density at radius 1 is 1.40 bits per heavy atom. The van der Waals surface area contributed by atoms with Crippen LogP contribution in [0.4, 0.5) is 15.0 Å². The van der Waals surface area contributed by atoms with Crippen LogP contribution in [-0.2, 0) is 4.74 Å². The van der Waals surface area contributed by atoms with Crippen molar-refractivity contribution in [2.75, 3.05) is 25.0 Å². The van der Waals surface area contributed by atoms with Gasteiger partial charge in [-0.2, -0.15) is 0 Å². The minimum atomic E-state index is -0.562. The molecule has 1 atom stereocenters. The number of rotatable bonds is 5. The maximum Gasteiger partial charge on any atom is 0.410 e. The standard InChI is InChI=1S/C20H22ClFN6O2/c1-2-30-20(29)28-6-4-3-5-13(28)9-24-19-16(22)11-26-18(27-19)15-10-25-17-14(15)7-12(21)8-23-17/h7-8,10-11,13H,2-6,9H2,1H3,(H,23,25)(H,24,26,27). The van der Waals surface area contributed by atoms with Crippen LogP contribution in [0, 0.1) is 5.82 Å². The summed E-state index contributed by atoms with van der Waals surface area (Å²) in [7, 11) is 0. The number of piperidine rings is 1. The van der Waals surface area contributed by atoms with E-state index in [-0.39, 0.29) is 18.0 Å². The van der Waals surface area contributed by atoms with Crippen molar-refractivity contribution in [2.45, 2.75) is 32.2 Å². The number of pyridine rings is 1. The molecule has 0 spiro atoms. The number of likely N-dealkylation sites (tertiary alicyclic amines) is 1. The second-order valence-corrected chi connectivity index (χ2v) is 7.50. The fourth-order valence-corrected chi connectivity index (χ4v) is 3.82. The van der Waals surface area contributed by atoms with Gasteiger partial charge in [-0.3, -0.25) is 0 Å². The van der Waals surface area contributed by atoms with Crippen molar-refractivity contribution in [3.63, 3.8) is 0 Å². The molecule has 0 aromatic carbocycles. The predicted molar refractivity (Wildman–Crippen MR) is 112 cm³/mol. The molecule has 1 aliphatic heterocycles. The number of hydrogen-bond donors (Lipinski definition) is 2. The predicted octanol–water partition coefficient (Wildman–Crippen LogP) is 4.24. The summed E-state index contributed by atoms with van der Waals surface area (Å²) < 4.78 is 19.5. The fraction of sp³-hybridized carbons (Fsp3) is 0.400. The molecule has 4 rings (SSSR count). The largest absolute Gasteiger partial charge is 0.450 e. The third-order valence-corrected chi connectivity index (χ3v) is 5.32. The first-order valence-corrected chi connectivity index (χ1v) is 10.3. The van der Waals surface area contributed by atoms with Crippen LogP contribution in [0.25, 0.3) is 22.4 Å². The second kappa shape index (κ2) is 8.83. The summed E-state index contributed by atoms with van der Waals surface area (Å²) in [6, 6.07) is 1.67. The van der Waals surface area contributed by atoms with Crippen molar-refractivity contribution in [1.29, 1.82) is 0 Å². The van der Waals surface area contributed by atoms with Gasteiger partial charge in [-0.15, -0.1) is 0 Å². The zero-order valence-corrected chi connectivity index (χ0v) is 17.2. The van der Waals surface area contributed by atoms with Crippen LogP contribution in [-0.4, -0.2) is 56.7 Å². The quantitative estimate of drug-likeness (QED) is 0.626. The zero-order valence-electron chi connectivity index (χ0n) is 16.5. The van der Waals surface area contributed by atoms with Crippen LogP contribution in [0.15, 0.2) is 24.7 Å². The molecule has 0 aliphatic carbocycles. The van der Waals surface area contributed by atoms with Gasteiger partial charge in [-0.25, -0.2) is 24.1 Å². The van der Waals surface area contributed by atoms with Crippen molar-refractivity contribution in [1.82, 2.24) is 24.8 Å². The molecule has 1 unspecified atom stereocenters. The SMILES string of the molecule is CCOC(=O)N1CCCCC1CNc1nc(-c2c[nH]c3ncc(Cl)cc23)ncc1F. The van der Waals surface area contributed by atoms with E-state index in [1.165, 1.54) is 0 Å². The lowest BCUT2D eigenvalue weighted by molar-refractivity contribution is 0.0797. The first-order chi connectivity index (χ1) is 14.6. The number of anilines is 1. The minimum absolute atomic E-state index is 0.0821. The maximum absolute atomic E-state index is 14.4. The zero-order chi connectivity index (χ0) is 21.1. The third-order valence-electron chi connectivity index (χ3n) is 5.12.